The molecule has 12 nitrogen and oxygen atoms in total. The fourth-order valence-electron chi connectivity index (χ4n) is 6.34. The summed E-state index contributed by atoms with van der Waals surface area (Å²) < 4.78 is 35.7. The molecule has 274 valence electrons. The van der Waals surface area contributed by atoms with Crippen molar-refractivity contribution >= 4 is 29.6 Å². The predicted octanol–water partition coefficient (Wildman–Crippen LogP) is 4.67. The number of hydrogen-bond donors (Lipinski definition) is 3. The highest BCUT2D eigenvalue weighted by molar-refractivity contribution is 6.31. The van der Waals surface area contributed by atoms with Gasteiger partial charge in [0.05, 0.1) is 38.4 Å². The number of aliphatic hydroxyl groups is 1. The number of hydrazine groups is 1. The van der Waals surface area contributed by atoms with E-state index in [9.17, 15) is 23.9 Å². The normalized spacial score (nSPS) is 20.3. The molecule has 14 heteroatoms. The number of fused-ring (bicyclic) bond motifs is 1. The molecule has 0 radical (unpaired) electrons. The Morgan fingerprint density at radius 3 is 2.55 bits per heavy atom. The lowest BCUT2D eigenvalue weighted by atomic mass is 9.80. The van der Waals surface area contributed by atoms with Crippen molar-refractivity contribution in [1.29, 1.82) is 0 Å². The molecule has 0 aliphatic carbocycles. The van der Waals surface area contributed by atoms with E-state index in [0.717, 1.165) is 22.8 Å². The van der Waals surface area contributed by atoms with Gasteiger partial charge in [0, 0.05) is 30.5 Å². The average molecular weight is 727 g/mol. The molecule has 0 bridgehead atoms. The molecule has 0 saturated carbocycles. The van der Waals surface area contributed by atoms with Crippen LogP contribution in [0.5, 0.6) is 0 Å². The number of methoxy groups -OCH3 is 1. The summed E-state index contributed by atoms with van der Waals surface area (Å²) in [4.78, 5) is 43.9. The Labute approximate surface area is 301 Å². The summed E-state index contributed by atoms with van der Waals surface area (Å²) in [6, 6.07) is 14.3. The summed E-state index contributed by atoms with van der Waals surface area (Å²) in [6.07, 6.45) is 1.21. The van der Waals surface area contributed by atoms with Crippen molar-refractivity contribution in [3.05, 3.63) is 89.0 Å². The number of hydrogen-bond acceptors (Lipinski definition) is 10. The van der Waals surface area contributed by atoms with Crippen LogP contribution in [0.3, 0.4) is 0 Å². The standard InChI is InChI=1S/C37H44ClFN4O8/c1-37(2,3)32(34(46)48-4)33(45)41-29(16-22-7-9-23(10-8-22)24-6-5-14-40-18-24)30(44)20-43(19-25-11-12-26(39)17-28(25)38)42-36(47)51-31-21-50-35-27(31)13-15-49-35/h5-12,14,17-18,27,29-32,35,44H,13,15-16,19-21H2,1-4H3,(H,41,45)(H,42,47). The minimum atomic E-state index is -1.31. The summed E-state index contributed by atoms with van der Waals surface area (Å²) in [5, 5.41) is 16.2. The van der Waals surface area contributed by atoms with Crippen LogP contribution in [-0.4, -0.2) is 84.5 Å². The van der Waals surface area contributed by atoms with Crippen LogP contribution < -0.4 is 10.7 Å². The number of rotatable bonds is 13. The van der Waals surface area contributed by atoms with Gasteiger partial charge in [-0.15, -0.1) is 0 Å². The van der Waals surface area contributed by atoms with Crippen molar-refractivity contribution < 1.29 is 42.8 Å². The van der Waals surface area contributed by atoms with E-state index in [2.05, 4.69) is 15.7 Å². The smallest absolute Gasteiger partial charge is 0.422 e. The maximum atomic E-state index is 13.9. The second-order valence-electron chi connectivity index (χ2n) is 13.8. The molecule has 2 fully saturated rings. The van der Waals surface area contributed by atoms with Gasteiger partial charge in [0.15, 0.2) is 6.29 Å². The highest BCUT2D eigenvalue weighted by atomic mass is 35.5. The maximum Gasteiger partial charge on any atom is 0.422 e. The number of aromatic nitrogens is 1. The number of esters is 1. The molecule has 2 saturated heterocycles. The highest BCUT2D eigenvalue weighted by Crippen LogP contribution is 2.33. The molecule has 2 aliphatic heterocycles. The highest BCUT2D eigenvalue weighted by Gasteiger charge is 2.44. The summed E-state index contributed by atoms with van der Waals surface area (Å²) in [5.41, 5.74) is 4.99. The number of aliphatic hydroxyl groups excluding tert-OH is 1. The van der Waals surface area contributed by atoms with E-state index in [0.29, 0.717) is 18.6 Å². The molecule has 5 rings (SSSR count). The van der Waals surface area contributed by atoms with E-state index in [1.807, 2.05) is 36.4 Å². The van der Waals surface area contributed by atoms with Crippen LogP contribution in [0.1, 0.15) is 38.3 Å². The molecule has 2 amide bonds. The lowest BCUT2D eigenvalue weighted by molar-refractivity contribution is -0.155. The third kappa shape index (κ3) is 10.0. The maximum absolute atomic E-state index is 13.9. The zero-order valence-corrected chi connectivity index (χ0v) is 29.8. The third-order valence-electron chi connectivity index (χ3n) is 9.04. The van der Waals surface area contributed by atoms with Gasteiger partial charge in [-0.1, -0.05) is 68.8 Å². The van der Waals surface area contributed by atoms with E-state index in [1.165, 1.54) is 24.3 Å². The summed E-state index contributed by atoms with van der Waals surface area (Å²) >= 11 is 6.35. The van der Waals surface area contributed by atoms with Crippen LogP contribution in [0.25, 0.3) is 11.1 Å². The van der Waals surface area contributed by atoms with Gasteiger partial charge in [-0.05, 0) is 58.7 Å². The molecule has 6 unspecified atom stereocenters. The minimum Gasteiger partial charge on any atom is -0.468 e. The molecule has 2 aromatic carbocycles. The Morgan fingerprint density at radius 2 is 1.88 bits per heavy atom. The van der Waals surface area contributed by atoms with Crippen LogP contribution in [0, 0.1) is 23.1 Å². The Morgan fingerprint density at radius 1 is 1.12 bits per heavy atom. The molecule has 3 aromatic rings. The second kappa shape index (κ2) is 16.9. The molecule has 3 N–H and O–H groups in total. The fourth-order valence-corrected chi connectivity index (χ4v) is 6.57. The molecule has 2 aliphatic rings. The lowest BCUT2D eigenvalue weighted by Gasteiger charge is -2.33. The van der Waals surface area contributed by atoms with Crippen molar-refractivity contribution in [3.8, 4) is 11.1 Å². The quantitative estimate of drug-likeness (QED) is 0.129. The van der Waals surface area contributed by atoms with Crippen LogP contribution >= 0.6 is 11.6 Å². The van der Waals surface area contributed by atoms with E-state index >= 15 is 0 Å². The predicted molar refractivity (Wildman–Crippen MR) is 185 cm³/mol. The number of halogens is 2. The van der Waals surface area contributed by atoms with E-state index < -0.39 is 59.7 Å². The van der Waals surface area contributed by atoms with Gasteiger partial charge >= 0.3 is 12.1 Å². The SMILES string of the molecule is COC(=O)C(C(=O)NC(Cc1ccc(-c2cccnc2)cc1)C(O)CN(Cc1ccc(F)cc1Cl)NC(=O)OC1COC2OCCC12)C(C)(C)C. The Balaban J connectivity index is 1.39. The van der Waals surface area contributed by atoms with Gasteiger partial charge in [-0.2, -0.15) is 0 Å². The number of nitrogens with one attached hydrogen (secondary N) is 2. The molecular weight excluding hydrogens is 683 g/mol. The van der Waals surface area contributed by atoms with Crippen molar-refractivity contribution in [3.63, 3.8) is 0 Å². The van der Waals surface area contributed by atoms with Crippen LogP contribution in [0.4, 0.5) is 9.18 Å². The van der Waals surface area contributed by atoms with Gasteiger partial charge < -0.3 is 29.4 Å². The number of nitrogens with zero attached hydrogens (tertiary/aromatic N) is 2. The van der Waals surface area contributed by atoms with Gasteiger partial charge in [-0.3, -0.25) is 20.0 Å². The van der Waals surface area contributed by atoms with Gasteiger partial charge in [0.1, 0.15) is 17.8 Å². The number of benzene rings is 2. The van der Waals surface area contributed by atoms with Gasteiger partial charge in [-0.25, -0.2) is 14.2 Å². The first-order chi connectivity index (χ1) is 24.3. The number of pyridine rings is 1. The molecule has 1 aromatic heterocycles. The number of carbonyl (C=O) groups excluding carboxylic acids is 3. The Hall–Kier alpha value is -4.14. The van der Waals surface area contributed by atoms with Crippen LogP contribution in [-0.2, 0) is 41.5 Å². The summed E-state index contributed by atoms with van der Waals surface area (Å²) in [6.45, 7) is 5.65. The summed E-state index contributed by atoms with van der Waals surface area (Å²) in [5.74, 6) is -3.15. The topological polar surface area (TPSA) is 149 Å². The largest absolute Gasteiger partial charge is 0.468 e. The summed E-state index contributed by atoms with van der Waals surface area (Å²) in [7, 11) is 1.21. The molecule has 3 heterocycles. The zero-order valence-electron chi connectivity index (χ0n) is 29.0. The van der Waals surface area contributed by atoms with Crippen molar-refractivity contribution in [2.24, 2.45) is 17.3 Å². The van der Waals surface area contributed by atoms with Gasteiger partial charge in [0.25, 0.3) is 0 Å². The van der Waals surface area contributed by atoms with Crippen LogP contribution in [0.2, 0.25) is 5.02 Å². The van der Waals surface area contributed by atoms with Crippen LogP contribution in [0.15, 0.2) is 67.0 Å². The minimum absolute atomic E-state index is 0.0468. The van der Waals surface area contributed by atoms with Crippen molar-refractivity contribution in [2.45, 2.75) is 64.7 Å². The number of carbonyl (C=O) groups is 3. The number of amides is 2. The number of ether oxygens (including phenoxy) is 4. The van der Waals surface area contributed by atoms with E-state index in [-0.39, 0.29) is 37.1 Å². The van der Waals surface area contributed by atoms with Crippen molar-refractivity contribution in [1.82, 2.24) is 20.7 Å². The lowest BCUT2D eigenvalue weighted by Crippen LogP contribution is -2.55. The molecule has 0 spiro atoms. The third-order valence-corrected chi connectivity index (χ3v) is 9.39. The van der Waals surface area contributed by atoms with Gasteiger partial charge in [0.2, 0.25) is 5.91 Å². The first kappa shape index (κ1) is 38.1. The Kier molecular flexibility index (Phi) is 12.6. The Bertz CT molecular complexity index is 1660. The first-order valence-corrected chi connectivity index (χ1v) is 17.1. The molecule has 51 heavy (non-hydrogen) atoms. The monoisotopic (exact) mass is 726 g/mol. The fraction of sp³-hybridized carbons (Fsp3) is 0.459. The average Bonchev–Trinajstić information content (AvgIpc) is 3.71. The second-order valence-corrected chi connectivity index (χ2v) is 14.3. The molecule has 6 atom stereocenters. The zero-order chi connectivity index (χ0) is 36.7. The molecular formula is C37H44ClFN4O8. The van der Waals surface area contributed by atoms with Crippen molar-refractivity contribution in [2.75, 3.05) is 26.9 Å². The van der Waals surface area contributed by atoms with E-state index in [1.54, 1.807) is 33.2 Å². The van der Waals surface area contributed by atoms with E-state index in [4.69, 9.17) is 30.5 Å². The first-order valence-electron chi connectivity index (χ1n) is 16.8.